The molecule has 1 N–H and O–H groups in total. The molecule has 2 heterocycles. The van der Waals surface area contributed by atoms with Gasteiger partial charge < -0.3 is 10.1 Å². The van der Waals surface area contributed by atoms with Crippen molar-refractivity contribution in [2.75, 3.05) is 5.32 Å². The van der Waals surface area contributed by atoms with E-state index in [2.05, 4.69) is 10.3 Å². The van der Waals surface area contributed by atoms with Crippen LogP contribution in [-0.4, -0.2) is 10.9 Å². The standard InChI is InChI=1S/C21H15FN2O2S2/c22-14-5-3-6-16(11-14)26-18-8-2-1-7-17(18)24-20(25)12-15-13-28-21(23-15)19-9-4-10-27-19/h1-11,13H,12H2,(H,24,25). The van der Waals surface area contributed by atoms with Gasteiger partial charge in [-0.25, -0.2) is 9.37 Å². The number of benzene rings is 2. The highest BCUT2D eigenvalue weighted by atomic mass is 32.1. The average Bonchev–Trinajstić information content (AvgIpc) is 3.35. The van der Waals surface area contributed by atoms with E-state index in [9.17, 15) is 9.18 Å². The lowest BCUT2D eigenvalue weighted by atomic mass is 10.2. The Bertz CT molecular complexity index is 1090. The van der Waals surface area contributed by atoms with E-state index in [4.69, 9.17) is 4.74 Å². The number of thiophene rings is 1. The third-order valence-electron chi connectivity index (χ3n) is 3.81. The van der Waals surface area contributed by atoms with Crippen molar-refractivity contribution >= 4 is 34.3 Å². The van der Waals surface area contributed by atoms with Crippen molar-refractivity contribution in [3.05, 3.63) is 82.9 Å². The molecule has 0 saturated carbocycles. The van der Waals surface area contributed by atoms with E-state index in [1.165, 1.54) is 23.5 Å². The Morgan fingerprint density at radius 3 is 2.79 bits per heavy atom. The van der Waals surface area contributed by atoms with Crippen molar-refractivity contribution in [2.24, 2.45) is 0 Å². The topological polar surface area (TPSA) is 51.2 Å². The second-order valence-electron chi connectivity index (χ2n) is 5.90. The number of carbonyl (C=O) groups excluding carboxylic acids is 1. The third-order valence-corrected chi connectivity index (χ3v) is 5.74. The highest BCUT2D eigenvalue weighted by Crippen LogP contribution is 2.30. The number of halogens is 1. The summed E-state index contributed by atoms with van der Waals surface area (Å²) in [5.41, 5.74) is 1.24. The number of thiazole rings is 1. The van der Waals surface area contributed by atoms with E-state index in [1.807, 2.05) is 22.9 Å². The highest BCUT2D eigenvalue weighted by molar-refractivity contribution is 7.20. The minimum atomic E-state index is -0.385. The summed E-state index contributed by atoms with van der Waals surface area (Å²) in [5.74, 6) is 0.225. The summed E-state index contributed by atoms with van der Waals surface area (Å²) >= 11 is 3.14. The highest BCUT2D eigenvalue weighted by Gasteiger charge is 2.12. The molecule has 4 aromatic rings. The van der Waals surface area contributed by atoms with Gasteiger partial charge in [0.25, 0.3) is 0 Å². The lowest BCUT2D eigenvalue weighted by Crippen LogP contribution is -2.15. The summed E-state index contributed by atoms with van der Waals surface area (Å²) in [5, 5.41) is 7.65. The Morgan fingerprint density at radius 2 is 1.96 bits per heavy atom. The number of nitrogens with zero attached hydrogens (tertiary/aromatic N) is 1. The first-order valence-corrected chi connectivity index (χ1v) is 10.2. The summed E-state index contributed by atoms with van der Waals surface area (Å²) < 4.78 is 19.1. The van der Waals surface area contributed by atoms with Crippen molar-refractivity contribution in [2.45, 2.75) is 6.42 Å². The molecule has 0 radical (unpaired) electrons. The molecule has 0 atom stereocenters. The van der Waals surface area contributed by atoms with Gasteiger partial charge in [0.05, 0.1) is 22.7 Å². The molecule has 4 rings (SSSR count). The molecule has 0 spiro atoms. The number of amides is 1. The van der Waals surface area contributed by atoms with Gasteiger partial charge in [-0.05, 0) is 35.7 Å². The Morgan fingerprint density at radius 1 is 1.07 bits per heavy atom. The maximum atomic E-state index is 13.4. The van der Waals surface area contributed by atoms with E-state index in [0.29, 0.717) is 17.2 Å². The van der Waals surface area contributed by atoms with E-state index >= 15 is 0 Å². The van der Waals surface area contributed by atoms with Crippen LogP contribution in [0.2, 0.25) is 0 Å². The molecule has 0 aliphatic rings. The van der Waals surface area contributed by atoms with Crippen LogP contribution >= 0.6 is 22.7 Å². The largest absolute Gasteiger partial charge is 0.455 e. The maximum absolute atomic E-state index is 13.4. The normalized spacial score (nSPS) is 10.6. The molecule has 0 aliphatic carbocycles. The second-order valence-corrected chi connectivity index (χ2v) is 7.71. The first-order chi connectivity index (χ1) is 13.7. The Kier molecular flexibility index (Phi) is 5.45. The summed E-state index contributed by atoms with van der Waals surface area (Å²) in [6.45, 7) is 0. The van der Waals surface area contributed by atoms with Crippen LogP contribution in [0, 0.1) is 5.82 Å². The molecule has 0 bridgehead atoms. The molecule has 7 heteroatoms. The van der Waals surface area contributed by atoms with Gasteiger partial charge >= 0.3 is 0 Å². The zero-order valence-corrected chi connectivity index (χ0v) is 16.2. The van der Waals surface area contributed by atoms with Crippen LogP contribution in [0.15, 0.2) is 71.4 Å². The van der Waals surface area contributed by atoms with Gasteiger partial charge in [-0.2, -0.15) is 0 Å². The van der Waals surface area contributed by atoms with E-state index < -0.39 is 0 Å². The zero-order valence-electron chi connectivity index (χ0n) is 14.6. The quantitative estimate of drug-likeness (QED) is 0.425. The van der Waals surface area contributed by atoms with Crippen LogP contribution in [0.25, 0.3) is 9.88 Å². The summed E-state index contributed by atoms with van der Waals surface area (Å²) in [4.78, 5) is 18.1. The molecule has 4 nitrogen and oxygen atoms in total. The van der Waals surface area contributed by atoms with Gasteiger partial charge in [0.15, 0.2) is 5.75 Å². The molecule has 2 aromatic heterocycles. The molecule has 0 fully saturated rings. The Balaban J connectivity index is 1.45. The minimum Gasteiger partial charge on any atom is -0.455 e. The maximum Gasteiger partial charge on any atom is 0.230 e. The van der Waals surface area contributed by atoms with Gasteiger partial charge in [0.2, 0.25) is 5.91 Å². The summed E-state index contributed by atoms with van der Waals surface area (Å²) in [6, 6.07) is 16.9. The van der Waals surface area contributed by atoms with Gasteiger partial charge in [-0.15, -0.1) is 22.7 Å². The van der Waals surface area contributed by atoms with Crippen LogP contribution in [0.5, 0.6) is 11.5 Å². The van der Waals surface area contributed by atoms with Crippen molar-refractivity contribution < 1.29 is 13.9 Å². The van der Waals surface area contributed by atoms with Gasteiger partial charge in [0.1, 0.15) is 16.6 Å². The van der Waals surface area contributed by atoms with E-state index in [1.54, 1.807) is 47.7 Å². The first-order valence-electron chi connectivity index (χ1n) is 8.48. The number of anilines is 1. The molecular formula is C21H15FN2O2S2. The number of hydrogen-bond donors (Lipinski definition) is 1. The molecule has 2 aromatic carbocycles. The minimum absolute atomic E-state index is 0.163. The number of ether oxygens (including phenoxy) is 1. The predicted octanol–water partition coefficient (Wildman–Crippen LogP) is 5.98. The van der Waals surface area contributed by atoms with Crippen LogP contribution in [0.3, 0.4) is 0 Å². The Labute approximate surface area is 169 Å². The van der Waals surface area contributed by atoms with E-state index in [0.717, 1.165) is 15.6 Å². The zero-order chi connectivity index (χ0) is 19.3. The number of carbonyl (C=O) groups is 1. The van der Waals surface area contributed by atoms with Crippen molar-refractivity contribution in [1.29, 1.82) is 0 Å². The van der Waals surface area contributed by atoms with Gasteiger partial charge in [0, 0.05) is 11.4 Å². The fraction of sp³-hybridized carbons (Fsp3) is 0.0476. The first kappa shape index (κ1) is 18.3. The van der Waals surface area contributed by atoms with Crippen molar-refractivity contribution in [1.82, 2.24) is 4.98 Å². The number of para-hydroxylation sites is 2. The molecule has 1 amide bonds. The third kappa shape index (κ3) is 4.44. The lowest BCUT2D eigenvalue weighted by Gasteiger charge is -2.12. The monoisotopic (exact) mass is 410 g/mol. The number of aromatic nitrogens is 1. The lowest BCUT2D eigenvalue weighted by molar-refractivity contribution is -0.115. The van der Waals surface area contributed by atoms with Crippen molar-refractivity contribution in [3.63, 3.8) is 0 Å². The molecular weight excluding hydrogens is 395 g/mol. The number of rotatable bonds is 6. The number of nitrogens with one attached hydrogen (secondary N) is 1. The Hall–Kier alpha value is -3.03. The fourth-order valence-electron chi connectivity index (χ4n) is 2.58. The van der Waals surface area contributed by atoms with Crippen molar-refractivity contribution in [3.8, 4) is 21.4 Å². The smallest absolute Gasteiger partial charge is 0.230 e. The molecule has 0 aliphatic heterocycles. The van der Waals surface area contributed by atoms with Crippen LogP contribution < -0.4 is 10.1 Å². The summed E-state index contributed by atoms with van der Waals surface area (Å²) in [7, 11) is 0. The fourth-order valence-corrected chi connectivity index (χ4v) is 4.21. The average molecular weight is 410 g/mol. The van der Waals surface area contributed by atoms with Crippen LogP contribution in [0.4, 0.5) is 10.1 Å². The SMILES string of the molecule is O=C(Cc1csc(-c2cccs2)n1)Nc1ccccc1Oc1cccc(F)c1. The molecule has 0 saturated heterocycles. The second kappa shape index (κ2) is 8.33. The molecule has 0 unspecified atom stereocenters. The van der Waals surface area contributed by atoms with Gasteiger partial charge in [-0.1, -0.05) is 24.3 Å². The number of hydrogen-bond acceptors (Lipinski definition) is 5. The van der Waals surface area contributed by atoms with Crippen LogP contribution in [0.1, 0.15) is 5.69 Å². The van der Waals surface area contributed by atoms with Crippen LogP contribution in [-0.2, 0) is 11.2 Å². The summed E-state index contributed by atoms with van der Waals surface area (Å²) in [6.07, 6.45) is 0.163. The van der Waals surface area contributed by atoms with Gasteiger partial charge in [-0.3, -0.25) is 4.79 Å². The predicted molar refractivity (Wildman–Crippen MR) is 111 cm³/mol. The molecule has 140 valence electrons. The molecule has 28 heavy (non-hydrogen) atoms. The van der Waals surface area contributed by atoms with E-state index in [-0.39, 0.29) is 18.1 Å².